The van der Waals surface area contributed by atoms with Crippen LogP contribution >= 0.6 is 0 Å². The Labute approximate surface area is 131 Å². The lowest BCUT2D eigenvalue weighted by molar-refractivity contribution is -0.0488. The van der Waals surface area contributed by atoms with E-state index in [1.807, 2.05) is 39.8 Å². The molecule has 1 amide bonds. The molecule has 6 heteroatoms. The van der Waals surface area contributed by atoms with Crippen LogP contribution in [-0.2, 0) is 16.0 Å². The van der Waals surface area contributed by atoms with Crippen molar-refractivity contribution in [2.75, 3.05) is 19.7 Å². The number of amides is 1. The second-order valence-electron chi connectivity index (χ2n) is 6.66. The van der Waals surface area contributed by atoms with Gasteiger partial charge in [-0.2, -0.15) is 0 Å². The van der Waals surface area contributed by atoms with Gasteiger partial charge in [-0.15, -0.1) is 0 Å². The summed E-state index contributed by atoms with van der Waals surface area (Å²) in [6.45, 7) is 10.5. The number of ether oxygens (including phenoxy) is 2. The van der Waals surface area contributed by atoms with E-state index in [0.29, 0.717) is 6.61 Å². The fourth-order valence-electron chi connectivity index (χ4n) is 2.39. The van der Waals surface area contributed by atoms with Crippen LogP contribution < -0.4 is 5.32 Å². The van der Waals surface area contributed by atoms with E-state index in [2.05, 4.69) is 10.2 Å². The molecular weight excluding hydrogens is 284 g/mol. The van der Waals surface area contributed by atoms with Crippen LogP contribution in [0.2, 0.25) is 0 Å². The first-order valence-corrected chi connectivity index (χ1v) is 7.69. The zero-order valence-corrected chi connectivity index (χ0v) is 13.8. The maximum Gasteiger partial charge on any atom is 0.407 e. The molecule has 0 aliphatic carbocycles. The van der Waals surface area contributed by atoms with E-state index < -0.39 is 11.7 Å². The zero-order valence-electron chi connectivity index (χ0n) is 13.8. The topological polar surface area (TPSA) is 63.9 Å². The lowest BCUT2D eigenvalue weighted by Crippen LogP contribution is -2.52. The van der Waals surface area contributed by atoms with Gasteiger partial charge < -0.3 is 19.2 Å². The molecule has 0 unspecified atom stereocenters. The Kier molecular flexibility index (Phi) is 5.47. The predicted octanol–water partition coefficient (Wildman–Crippen LogP) is 2.39. The number of furan rings is 1. The molecule has 0 radical (unpaired) electrons. The minimum absolute atomic E-state index is 0.0590. The average Bonchev–Trinajstić information content (AvgIpc) is 2.89. The number of hydrogen-bond acceptors (Lipinski definition) is 5. The molecule has 124 valence electrons. The van der Waals surface area contributed by atoms with Crippen LogP contribution in [0.3, 0.4) is 0 Å². The van der Waals surface area contributed by atoms with Crippen molar-refractivity contribution in [3.63, 3.8) is 0 Å². The van der Waals surface area contributed by atoms with Crippen molar-refractivity contribution < 1.29 is 18.7 Å². The number of alkyl carbamates (subject to hydrolysis) is 1. The molecular formula is C16H26N2O4. The first kappa shape index (κ1) is 16.8. The summed E-state index contributed by atoms with van der Waals surface area (Å²) in [6.07, 6.45) is 1.21. The first-order chi connectivity index (χ1) is 10.3. The van der Waals surface area contributed by atoms with Crippen LogP contribution in [0, 0.1) is 0 Å². The maximum atomic E-state index is 11.8. The summed E-state index contributed by atoms with van der Waals surface area (Å²) in [7, 11) is 0. The third kappa shape index (κ3) is 5.35. The van der Waals surface area contributed by atoms with Gasteiger partial charge in [-0.05, 0) is 39.8 Å². The minimum Gasteiger partial charge on any atom is -0.468 e. The van der Waals surface area contributed by atoms with Crippen LogP contribution in [0.5, 0.6) is 0 Å². The molecule has 2 atom stereocenters. The summed E-state index contributed by atoms with van der Waals surface area (Å²) in [5.41, 5.74) is -0.497. The van der Waals surface area contributed by atoms with Gasteiger partial charge in [-0.25, -0.2) is 4.79 Å². The molecule has 0 saturated carbocycles. The van der Waals surface area contributed by atoms with Gasteiger partial charge >= 0.3 is 6.09 Å². The van der Waals surface area contributed by atoms with E-state index in [4.69, 9.17) is 13.9 Å². The van der Waals surface area contributed by atoms with Crippen molar-refractivity contribution in [1.29, 1.82) is 0 Å². The summed E-state index contributed by atoms with van der Waals surface area (Å²) in [5.74, 6) is 0.938. The highest BCUT2D eigenvalue weighted by Gasteiger charge is 2.28. The van der Waals surface area contributed by atoms with Crippen molar-refractivity contribution in [3.05, 3.63) is 24.2 Å². The van der Waals surface area contributed by atoms with Crippen molar-refractivity contribution in [1.82, 2.24) is 10.2 Å². The molecule has 6 nitrogen and oxygen atoms in total. The number of morpholine rings is 1. The standard InChI is InChI=1S/C16H26N2O4/c1-12(17-15(19)22-16(2,3)4)14-11-18(7-9-21-14)10-13-6-5-8-20-13/h5-6,8,12,14H,7,9-11H2,1-4H3,(H,17,19)/t12-,14+/m0/s1. The van der Waals surface area contributed by atoms with Gasteiger partial charge in [0.1, 0.15) is 11.4 Å². The Morgan fingerprint density at radius 1 is 1.55 bits per heavy atom. The summed E-state index contributed by atoms with van der Waals surface area (Å²) >= 11 is 0. The van der Waals surface area contributed by atoms with Gasteiger partial charge in [0.15, 0.2) is 0 Å². The number of hydrogen-bond donors (Lipinski definition) is 1. The van der Waals surface area contributed by atoms with Crippen LogP contribution in [0.15, 0.2) is 22.8 Å². The second kappa shape index (κ2) is 7.15. The summed E-state index contributed by atoms with van der Waals surface area (Å²) in [4.78, 5) is 14.1. The Balaban J connectivity index is 1.82. The van der Waals surface area contributed by atoms with Gasteiger partial charge in [-0.3, -0.25) is 4.90 Å². The molecule has 1 aromatic heterocycles. The Morgan fingerprint density at radius 2 is 2.32 bits per heavy atom. The predicted molar refractivity (Wildman–Crippen MR) is 82.6 cm³/mol. The van der Waals surface area contributed by atoms with E-state index >= 15 is 0 Å². The first-order valence-electron chi connectivity index (χ1n) is 7.69. The van der Waals surface area contributed by atoms with Crippen LogP contribution in [0.4, 0.5) is 4.79 Å². The van der Waals surface area contributed by atoms with E-state index in [0.717, 1.165) is 25.4 Å². The Bertz CT molecular complexity index is 467. The molecule has 1 N–H and O–H groups in total. The lowest BCUT2D eigenvalue weighted by atomic mass is 10.1. The fraction of sp³-hybridized carbons (Fsp3) is 0.688. The molecule has 1 fully saturated rings. The molecule has 1 aromatic rings. The van der Waals surface area contributed by atoms with Gasteiger partial charge in [0.05, 0.1) is 31.6 Å². The summed E-state index contributed by atoms with van der Waals surface area (Å²) < 4.78 is 16.4. The van der Waals surface area contributed by atoms with Gasteiger partial charge in [-0.1, -0.05) is 0 Å². The van der Waals surface area contributed by atoms with Gasteiger partial charge in [0.2, 0.25) is 0 Å². The van der Waals surface area contributed by atoms with Crippen molar-refractivity contribution in [2.45, 2.75) is 52.0 Å². The van der Waals surface area contributed by atoms with E-state index in [1.54, 1.807) is 6.26 Å². The molecule has 0 bridgehead atoms. The molecule has 22 heavy (non-hydrogen) atoms. The minimum atomic E-state index is -0.497. The third-order valence-electron chi connectivity index (χ3n) is 3.44. The highest BCUT2D eigenvalue weighted by atomic mass is 16.6. The number of rotatable bonds is 4. The molecule has 1 aliphatic heterocycles. The Hall–Kier alpha value is -1.53. The zero-order chi connectivity index (χ0) is 16.2. The van der Waals surface area contributed by atoms with E-state index in [9.17, 15) is 4.79 Å². The largest absolute Gasteiger partial charge is 0.468 e. The highest BCUT2D eigenvalue weighted by molar-refractivity contribution is 5.68. The maximum absolute atomic E-state index is 11.8. The van der Waals surface area contributed by atoms with E-state index in [-0.39, 0.29) is 12.1 Å². The SMILES string of the molecule is C[C@H](NC(=O)OC(C)(C)C)[C@H]1CN(Cc2ccco2)CCO1. The normalized spacial score (nSPS) is 21.4. The van der Waals surface area contributed by atoms with Crippen molar-refractivity contribution in [2.24, 2.45) is 0 Å². The molecule has 1 aliphatic rings. The molecule has 0 spiro atoms. The van der Waals surface area contributed by atoms with Crippen LogP contribution in [-0.4, -0.2) is 48.4 Å². The Morgan fingerprint density at radius 3 is 2.95 bits per heavy atom. The monoisotopic (exact) mass is 310 g/mol. The quantitative estimate of drug-likeness (QED) is 0.925. The molecule has 0 aromatic carbocycles. The van der Waals surface area contributed by atoms with Gasteiger partial charge in [0.25, 0.3) is 0 Å². The highest BCUT2D eigenvalue weighted by Crippen LogP contribution is 2.14. The smallest absolute Gasteiger partial charge is 0.407 e. The summed E-state index contributed by atoms with van der Waals surface area (Å²) in [6, 6.07) is 3.74. The molecule has 2 heterocycles. The number of nitrogens with zero attached hydrogens (tertiary/aromatic N) is 1. The van der Waals surface area contributed by atoms with Crippen molar-refractivity contribution in [3.8, 4) is 0 Å². The van der Waals surface area contributed by atoms with Gasteiger partial charge in [0, 0.05) is 13.1 Å². The van der Waals surface area contributed by atoms with E-state index in [1.165, 1.54) is 0 Å². The number of carbonyl (C=O) groups is 1. The molecule has 1 saturated heterocycles. The lowest BCUT2D eigenvalue weighted by Gasteiger charge is -2.35. The van der Waals surface area contributed by atoms with Crippen molar-refractivity contribution >= 4 is 6.09 Å². The average molecular weight is 310 g/mol. The fourth-order valence-corrected chi connectivity index (χ4v) is 2.39. The van der Waals surface area contributed by atoms with Crippen LogP contribution in [0.1, 0.15) is 33.5 Å². The molecule has 2 rings (SSSR count). The van der Waals surface area contributed by atoms with Crippen LogP contribution in [0.25, 0.3) is 0 Å². The summed E-state index contributed by atoms with van der Waals surface area (Å²) in [5, 5.41) is 2.85. The second-order valence-corrected chi connectivity index (χ2v) is 6.66. The number of carbonyl (C=O) groups excluding carboxylic acids is 1. The third-order valence-corrected chi connectivity index (χ3v) is 3.44. The number of nitrogens with one attached hydrogen (secondary N) is 1.